The highest BCUT2D eigenvalue weighted by Crippen LogP contribution is 2.17. The SMILES string of the molecule is CCCCN(C(C)CC)S(=O)(=O)Cc1cccc(CO)c1. The van der Waals surface area contributed by atoms with E-state index in [1.54, 1.807) is 28.6 Å². The summed E-state index contributed by atoms with van der Waals surface area (Å²) in [6.45, 7) is 6.53. The summed E-state index contributed by atoms with van der Waals surface area (Å²) in [6, 6.07) is 7.15. The Morgan fingerprint density at radius 2 is 1.90 bits per heavy atom. The van der Waals surface area contributed by atoms with Gasteiger partial charge in [0.2, 0.25) is 10.0 Å². The maximum Gasteiger partial charge on any atom is 0.218 e. The molecule has 0 aliphatic rings. The van der Waals surface area contributed by atoms with Crippen LogP contribution >= 0.6 is 0 Å². The summed E-state index contributed by atoms with van der Waals surface area (Å²) >= 11 is 0. The van der Waals surface area contributed by atoms with Crippen LogP contribution in [0.2, 0.25) is 0 Å². The van der Waals surface area contributed by atoms with Crippen LogP contribution in [-0.2, 0) is 22.4 Å². The lowest BCUT2D eigenvalue weighted by Gasteiger charge is -2.27. The van der Waals surface area contributed by atoms with E-state index in [4.69, 9.17) is 5.11 Å². The monoisotopic (exact) mass is 313 g/mol. The molecule has 1 atom stereocenters. The number of hydrogen-bond acceptors (Lipinski definition) is 3. The van der Waals surface area contributed by atoms with Gasteiger partial charge in [-0.1, -0.05) is 44.5 Å². The first-order valence-corrected chi connectivity index (χ1v) is 9.23. The predicted molar refractivity (Wildman–Crippen MR) is 86.4 cm³/mol. The van der Waals surface area contributed by atoms with Crippen LogP contribution in [0.25, 0.3) is 0 Å². The Kier molecular flexibility index (Phi) is 7.35. The molecule has 0 radical (unpaired) electrons. The minimum Gasteiger partial charge on any atom is -0.392 e. The number of sulfonamides is 1. The molecule has 0 aliphatic carbocycles. The molecule has 1 rings (SSSR count). The van der Waals surface area contributed by atoms with Gasteiger partial charge in [0, 0.05) is 12.6 Å². The molecule has 0 heterocycles. The first-order valence-electron chi connectivity index (χ1n) is 7.62. The van der Waals surface area contributed by atoms with E-state index in [0.717, 1.165) is 30.4 Å². The molecular formula is C16H27NO3S. The minimum absolute atomic E-state index is 0.00507. The number of benzene rings is 1. The van der Waals surface area contributed by atoms with E-state index in [9.17, 15) is 8.42 Å². The van der Waals surface area contributed by atoms with Gasteiger partial charge >= 0.3 is 0 Å². The molecule has 0 bridgehead atoms. The third kappa shape index (κ3) is 5.41. The van der Waals surface area contributed by atoms with Gasteiger partial charge in [0.1, 0.15) is 0 Å². The number of aliphatic hydroxyl groups is 1. The lowest BCUT2D eigenvalue weighted by atomic mass is 10.1. The van der Waals surface area contributed by atoms with Gasteiger partial charge in [-0.05, 0) is 30.9 Å². The summed E-state index contributed by atoms with van der Waals surface area (Å²) < 4.78 is 27.0. The maximum atomic E-state index is 12.7. The van der Waals surface area contributed by atoms with Crippen LogP contribution in [0.1, 0.15) is 51.2 Å². The van der Waals surface area contributed by atoms with Crippen molar-refractivity contribution < 1.29 is 13.5 Å². The fourth-order valence-electron chi connectivity index (χ4n) is 2.26. The van der Waals surface area contributed by atoms with Gasteiger partial charge in [-0.25, -0.2) is 8.42 Å². The number of rotatable bonds is 9. The van der Waals surface area contributed by atoms with E-state index in [0.29, 0.717) is 6.54 Å². The Bertz CT molecular complexity index is 528. The van der Waals surface area contributed by atoms with Crippen LogP contribution in [0.3, 0.4) is 0 Å². The van der Waals surface area contributed by atoms with Crippen LogP contribution in [0.5, 0.6) is 0 Å². The summed E-state index contributed by atoms with van der Waals surface area (Å²) in [4.78, 5) is 0. The molecule has 0 spiro atoms. The van der Waals surface area contributed by atoms with Crippen molar-refractivity contribution in [2.75, 3.05) is 6.54 Å². The molecule has 0 saturated carbocycles. The van der Waals surface area contributed by atoms with Crippen molar-refractivity contribution in [1.82, 2.24) is 4.31 Å². The number of unbranched alkanes of at least 4 members (excludes halogenated alkanes) is 1. The zero-order chi connectivity index (χ0) is 15.9. The summed E-state index contributed by atoms with van der Waals surface area (Å²) in [5.41, 5.74) is 1.47. The lowest BCUT2D eigenvalue weighted by Crippen LogP contribution is -2.39. The highest BCUT2D eigenvalue weighted by molar-refractivity contribution is 7.88. The zero-order valence-corrected chi connectivity index (χ0v) is 14.1. The van der Waals surface area contributed by atoms with Crippen LogP contribution in [0.4, 0.5) is 0 Å². The van der Waals surface area contributed by atoms with Gasteiger partial charge in [-0.3, -0.25) is 0 Å². The third-order valence-corrected chi connectivity index (χ3v) is 5.65. The molecule has 5 heteroatoms. The molecule has 1 unspecified atom stereocenters. The summed E-state index contributed by atoms with van der Waals surface area (Å²) in [5.74, 6) is -0.00507. The second kappa shape index (κ2) is 8.51. The van der Waals surface area contributed by atoms with Crippen molar-refractivity contribution in [3.8, 4) is 0 Å². The highest BCUT2D eigenvalue weighted by atomic mass is 32.2. The summed E-state index contributed by atoms with van der Waals surface area (Å²) in [7, 11) is -3.33. The van der Waals surface area contributed by atoms with Crippen LogP contribution in [-0.4, -0.2) is 30.4 Å². The average molecular weight is 313 g/mol. The standard InChI is InChI=1S/C16H27NO3S/c1-4-6-10-17(14(3)5-2)21(19,20)13-16-9-7-8-15(11-16)12-18/h7-9,11,14,18H,4-6,10,12-13H2,1-3H3. The Hall–Kier alpha value is -0.910. The van der Waals surface area contributed by atoms with Crippen molar-refractivity contribution in [1.29, 1.82) is 0 Å². The van der Waals surface area contributed by atoms with Crippen molar-refractivity contribution in [2.24, 2.45) is 0 Å². The number of aliphatic hydroxyl groups excluding tert-OH is 1. The average Bonchev–Trinajstić information content (AvgIpc) is 2.46. The number of hydrogen-bond donors (Lipinski definition) is 1. The molecule has 0 fully saturated rings. The quantitative estimate of drug-likeness (QED) is 0.762. The molecule has 21 heavy (non-hydrogen) atoms. The van der Waals surface area contributed by atoms with E-state index in [2.05, 4.69) is 6.92 Å². The first kappa shape index (κ1) is 18.1. The van der Waals surface area contributed by atoms with Gasteiger partial charge in [0.15, 0.2) is 0 Å². The molecule has 1 N–H and O–H groups in total. The predicted octanol–water partition coefficient (Wildman–Crippen LogP) is 2.91. The Morgan fingerprint density at radius 3 is 2.48 bits per heavy atom. The normalized spacial score (nSPS) is 13.6. The first-order chi connectivity index (χ1) is 9.94. The van der Waals surface area contributed by atoms with Crippen molar-refractivity contribution >= 4 is 10.0 Å². The van der Waals surface area contributed by atoms with E-state index in [1.165, 1.54) is 0 Å². The fourth-order valence-corrected chi connectivity index (χ4v) is 4.13. The van der Waals surface area contributed by atoms with E-state index in [-0.39, 0.29) is 18.4 Å². The molecule has 0 amide bonds. The Labute approximate surface area is 128 Å². The molecule has 1 aromatic carbocycles. The van der Waals surface area contributed by atoms with Gasteiger partial charge in [-0.2, -0.15) is 4.31 Å². The summed E-state index contributed by atoms with van der Waals surface area (Å²) in [5, 5.41) is 9.15. The van der Waals surface area contributed by atoms with Crippen LogP contribution in [0, 0.1) is 0 Å². The molecule has 1 aromatic rings. The van der Waals surface area contributed by atoms with Crippen molar-refractivity contribution in [2.45, 2.75) is 58.4 Å². The second-order valence-corrected chi connectivity index (χ2v) is 7.38. The molecule has 120 valence electrons. The molecule has 0 aliphatic heterocycles. The molecule has 0 saturated heterocycles. The van der Waals surface area contributed by atoms with Gasteiger partial charge < -0.3 is 5.11 Å². The largest absolute Gasteiger partial charge is 0.392 e. The van der Waals surface area contributed by atoms with Crippen molar-refractivity contribution in [3.63, 3.8) is 0 Å². The molecule has 0 aromatic heterocycles. The molecule has 4 nitrogen and oxygen atoms in total. The maximum absolute atomic E-state index is 12.7. The second-order valence-electron chi connectivity index (χ2n) is 5.46. The minimum atomic E-state index is -3.33. The van der Waals surface area contributed by atoms with Crippen LogP contribution in [0.15, 0.2) is 24.3 Å². The van der Waals surface area contributed by atoms with Gasteiger partial charge in [0.25, 0.3) is 0 Å². The van der Waals surface area contributed by atoms with Crippen LogP contribution < -0.4 is 0 Å². The highest BCUT2D eigenvalue weighted by Gasteiger charge is 2.26. The smallest absolute Gasteiger partial charge is 0.218 e. The van der Waals surface area contributed by atoms with Gasteiger partial charge in [0.05, 0.1) is 12.4 Å². The van der Waals surface area contributed by atoms with Crippen molar-refractivity contribution in [3.05, 3.63) is 35.4 Å². The molecular weight excluding hydrogens is 286 g/mol. The van der Waals surface area contributed by atoms with E-state index < -0.39 is 10.0 Å². The van der Waals surface area contributed by atoms with E-state index >= 15 is 0 Å². The Balaban J connectivity index is 2.94. The third-order valence-electron chi connectivity index (χ3n) is 3.69. The number of nitrogens with zero attached hydrogens (tertiary/aromatic N) is 1. The van der Waals surface area contributed by atoms with E-state index in [1.807, 2.05) is 13.8 Å². The fraction of sp³-hybridized carbons (Fsp3) is 0.625. The zero-order valence-electron chi connectivity index (χ0n) is 13.2. The lowest BCUT2D eigenvalue weighted by molar-refractivity contribution is 0.281. The Morgan fingerprint density at radius 1 is 1.24 bits per heavy atom. The van der Waals surface area contributed by atoms with Gasteiger partial charge in [-0.15, -0.1) is 0 Å². The topological polar surface area (TPSA) is 57.6 Å². The summed E-state index contributed by atoms with van der Waals surface area (Å²) in [6.07, 6.45) is 2.66.